The Hall–Kier alpha value is -1.18. The summed E-state index contributed by atoms with van der Waals surface area (Å²) in [5.74, 6) is 0.902. The van der Waals surface area contributed by atoms with Crippen molar-refractivity contribution in [3.05, 3.63) is 29.8 Å². The minimum atomic E-state index is -0.153. The van der Waals surface area contributed by atoms with Crippen LogP contribution >= 0.6 is 0 Å². The molecule has 0 saturated carbocycles. The van der Waals surface area contributed by atoms with Crippen LogP contribution in [0.3, 0.4) is 0 Å². The monoisotopic (exact) mass is 376 g/mol. The minimum absolute atomic E-state index is 0.153. The third-order valence-electron chi connectivity index (χ3n) is 5.90. The van der Waals surface area contributed by atoms with Crippen molar-refractivity contribution in [3.8, 4) is 5.75 Å². The minimum Gasteiger partial charge on any atom is -0.497 e. The van der Waals surface area contributed by atoms with Gasteiger partial charge in [-0.2, -0.15) is 0 Å². The Balaban J connectivity index is 1.34. The molecule has 0 radical (unpaired) electrons. The van der Waals surface area contributed by atoms with E-state index in [1.807, 2.05) is 12.1 Å². The molecule has 27 heavy (non-hydrogen) atoms. The molecule has 4 rings (SSSR count). The zero-order chi connectivity index (χ0) is 18.5. The van der Waals surface area contributed by atoms with Crippen LogP contribution in [0.25, 0.3) is 0 Å². The lowest BCUT2D eigenvalue weighted by Crippen LogP contribution is -2.46. The van der Waals surface area contributed by atoms with Gasteiger partial charge in [-0.1, -0.05) is 12.1 Å². The van der Waals surface area contributed by atoms with Crippen LogP contribution in [0.15, 0.2) is 24.3 Å². The summed E-state index contributed by atoms with van der Waals surface area (Å²) in [6.45, 7) is 9.05. The van der Waals surface area contributed by atoms with E-state index < -0.39 is 0 Å². The third-order valence-corrected chi connectivity index (χ3v) is 5.90. The second-order valence-electron chi connectivity index (χ2n) is 7.99. The highest BCUT2D eigenvalue weighted by molar-refractivity contribution is 5.27. The fraction of sp³-hybridized carbons (Fsp3) is 0.714. The SMILES string of the molecule is COc1ccc(CN2CCOC[C@]3(CC[C@H](CN4CCOCC4)O3)C2)cc1. The largest absolute Gasteiger partial charge is 0.497 e. The van der Waals surface area contributed by atoms with Gasteiger partial charge < -0.3 is 18.9 Å². The maximum Gasteiger partial charge on any atom is 0.118 e. The van der Waals surface area contributed by atoms with Gasteiger partial charge in [0.1, 0.15) is 11.4 Å². The molecule has 3 fully saturated rings. The zero-order valence-electron chi connectivity index (χ0n) is 16.4. The predicted octanol–water partition coefficient (Wildman–Crippen LogP) is 1.78. The summed E-state index contributed by atoms with van der Waals surface area (Å²) in [6.07, 6.45) is 2.52. The molecule has 0 aromatic heterocycles. The van der Waals surface area contributed by atoms with Gasteiger partial charge in [-0.25, -0.2) is 0 Å². The lowest BCUT2D eigenvalue weighted by molar-refractivity contribution is -0.0967. The maximum atomic E-state index is 6.61. The molecular formula is C21H32N2O4. The number of nitrogens with zero attached hydrogens (tertiary/aromatic N) is 2. The van der Waals surface area contributed by atoms with E-state index in [-0.39, 0.29) is 5.60 Å². The first kappa shape index (κ1) is 19.2. The van der Waals surface area contributed by atoms with Crippen LogP contribution in [0, 0.1) is 0 Å². The summed E-state index contributed by atoms with van der Waals surface area (Å²) in [4.78, 5) is 4.95. The Morgan fingerprint density at radius 3 is 2.56 bits per heavy atom. The van der Waals surface area contributed by atoms with E-state index in [4.69, 9.17) is 18.9 Å². The highest BCUT2D eigenvalue weighted by Gasteiger charge is 2.43. The van der Waals surface area contributed by atoms with Gasteiger partial charge in [0.05, 0.1) is 39.6 Å². The molecular weight excluding hydrogens is 344 g/mol. The zero-order valence-corrected chi connectivity index (χ0v) is 16.4. The van der Waals surface area contributed by atoms with Crippen molar-refractivity contribution in [1.82, 2.24) is 9.80 Å². The van der Waals surface area contributed by atoms with Crippen LogP contribution in [-0.4, -0.2) is 87.8 Å². The molecule has 150 valence electrons. The second kappa shape index (κ2) is 8.88. The Bertz CT molecular complexity index is 590. The Kier molecular flexibility index (Phi) is 6.30. The van der Waals surface area contributed by atoms with Gasteiger partial charge in [0, 0.05) is 39.3 Å². The fourth-order valence-corrected chi connectivity index (χ4v) is 4.43. The molecule has 0 unspecified atom stereocenters. The molecule has 3 aliphatic rings. The molecule has 3 aliphatic heterocycles. The molecule has 2 atom stereocenters. The van der Waals surface area contributed by atoms with Gasteiger partial charge in [-0.15, -0.1) is 0 Å². The van der Waals surface area contributed by atoms with Crippen molar-refractivity contribution < 1.29 is 18.9 Å². The molecule has 0 aliphatic carbocycles. The van der Waals surface area contributed by atoms with Crippen molar-refractivity contribution >= 4 is 0 Å². The smallest absolute Gasteiger partial charge is 0.118 e. The third kappa shape index (κ3) is 5.00. The van der Waals surface area contributed by atoms with E-state index in [0.29, 0.717) is 12.7 Å². The quantitative estimate of drug-likeness (QED) is 0.781. The molecule has 0 N–H and O–H groups in total. The molecule has 6 heteroatoms. The van der Waals surface area contributed by atoms with Gasteiger partial charge in [-0.3, -0.25) is 9.80 Å². The van der Waals surface area contributed by atoms with E-state index in [9.17, 15) is 0 Å². The summed E-state index contributed by atoms with van der Waals surface area (Å²) >= 11 is 0. The van der Waals surface area contributed by atoms with E-state index in [1.165, 1.54) is 5.56 Å². The fourth-order valence-electron chi connectivity index (χ4n) is 4.43. The molecule has 3 saturated heterocycles. The second-order valence-corrected chi connectivity index (χ2v) is 7.99. The van der Waals surface area contributed by atoms with Crippen LogP contribution in [0.4, 0.5) is 0 Å². The van der Waals surface area contributed by atoms with E-state index in [0.717, 1.165) is 77.7 Å². The van der Waals surface area contributed by atoms with Crippen molar-refractivity contribution in [2.75, 3.05) is 66.3 Å². The Labute approximate surface area is 162 Å². The average Bonchev–Trinajstić information content (AvgIpc) is 2.97. The Morgan fingerprint density at radius 2 is 1.78 bits per heavy atom. The van der Waals surface area contributed by atoms with Crippen LogP contribution < -0.4 is 4.74 Å². The molecule has 1 aromatic rings. The highest BCUT2D eigenvalue weighted by Crippen LogP contribution is 2.34. The molecule has 1 aromatic carbocycles. The summed E-state index contributed by atoms with van der Waals surface area (Å²) in [7, 11) is 1.70. The normalized spacial score (nSPS) is 30.5. The highest BCUT2D eigenvalue weighted by atomic mass is 16.6. The topological polar surface area (TPSA) is 43.4 Å². The lowest BCUT2D eigenvalue weighted by Gasteiger charge is -2.33. The summed E-state index contributed by atoms with van der Waals surface area (Å²) in [6, 6.07) is 8.36. The lowest BCUT2D eigenvalue weighted by atomic mass is 9.99. The molecule has 0 amide bonds. The first-order valence-corrected chi connectivity index (χ1v) is 10.2. The van der Waals surface area contributed by atoms with Gasteiger partial charge >= 0.3 is 0 Å². The first-order valence-electron chi connectivity index (χ1n) is 10.2. The maximum absolute atomic E-state index is 6.61. The molecule has 3 heterocycles. The van der Waals surface area contributed by atoms with E-state index in [1.54, 1.807) is 7.11 Å². The average molecular weight is 376 g/mol. The van der Waals surface area contributed by atoms with Crippen LogP contribution in [-0.2, 0) is 20.8 Å². The summed E-state index contributed by atoms with van der Waals surface area (Å²) in [5, 5.41) is 0. The van der Waals surface area contributed by atoms with Crippen molar-refractivity contribution in [3.63, 3.8) is 0 Å². The van der Waals surface area contributed by atoms with Crippen molar-refractivity contribution in [2.24, 2.45) is 0 Å². The first-order chi connectivity index (χ1) is 13.2. The molecule has 1 spiro atoms. The number of morpholine rings is 1. The number of hydrogen-bond donors (Lipinski definition) is 0. The Morgan fingerprint density at radius 1 is 1.04 bits per heavy atom. The van der Waals surface area contributed by atoms with Crippen molar-refractivity contribution in [1.29, 1.82) is 0 Å². The number of hydrogen-bond acceptors (Lipinski definition) is 6. The van der Waals surface area contributed by atoms with Gasteiger partial charge in [0.2, 0.25) is 0 Å². The standard InChI is InChI=1S/C21H32N2O4/c1-24-19-4-2-18(3-5-19)14-23-10-13-26-17-21(16-23)7-6-20(27-21)15-22-8-11-25-12-9-22/h2-5,20H,6-17H2,1H3/t20-,21+/m1/s1. The van der Waals surface area contributed by atoms with Crippen LogP contribution in [0.2, 0.25) is 0 Å². The van der Waals surface area contributed by atoms with Gasteiger partial charge in [0.15, 0.2) is 0 Å². The van der Waals surface area contributed by atoms with Gasteiger partial charge in [0.25, 0.3) is 0 Å². The van der Waals surface area contributed by atoms with Gasteiger partial charge in [-0.05, 0) is 30.5 Å². The molecule has 0 bridgehead atoms. The molecule has 6 nitrogen and oxygen atoms in total. The van der Waals surface area contributed by atoms with Crippen LogP contribution in [0.1, 0.15) is 18.4 Å². The number of rotatable bonds is 5. The van der Waals surface area contributed by atoms with Crippen molar-refractivity contribution in [2.45, 2.75) is 31.1 Å². The van der Waals surface area contributed by atoms with Crippen LogP contribution in [0.5, 0.6) is 5.75 Å². The summed E-state index contributed by atoms with van der Waals surface area (Å²) in [5.41, 5.74) is 1.15. The predicted molar refractivity (Wildman–Crippen MR) is 103 cm³/mol. The number of benzene rings is 1. The van der Waals surface area contributed by atoms with E-state index in [2.05, 4.69) is 21.9 Å². The van der Waals surface area contributed by atoms with E-state index >= 15 is 0 Å². The number of ether oxygens (including phenoxy) is 4. The number of methoxy groups -OCH3 is 1. The summed E-state index contributed by atoms with van der Waals surface area (Å²) < 4.78 is 23.3.